The Morgan fingerprint density at radius 2 is 1.96 bits per heavy atom. The molecule has 2 heterocycles. The van der Waals surface area contributed by atoms with Gasteiger partial charge in [-0.3, -0.25) is 4.79 Å². The van der Waals surface area contributed by atoms with Crippen LogP contribution in [0.2, 0.25) is 0 Å². The van der Waals surface area contributed by atoms with Gasteiger partial charge < -0.3 is 9.30 Å². The highest BCUT2D eigenvalue weighted by molar-refractivity contribution is 5.93. The Morgan fingerprint density at radius 3 is 2.65 bits per heavy atom. The zero-order valence-electron chi connectivity index (χ0n) is 12.9. The van der Waals surface area contributed by atoms with Gasteiger partial charge in [0.25, 0.3) is 0 Å². The van der Waals surface area contributed by atoms with Crippen LogP contribution in [0.1, 0.15) is 22.8 Å². The summed E-state index contributed by atoms with van der Waals surface area (Å²) in [5.74, 6) is -0.621. The Bertz CT molecular complexity index is 927. The summed E-state index contributed by atoms with van der Waals surface area (Å²) in [5, 5.41) is 0.388. The molecule has 5 heteroatoms. The first-order valence-corrected chi connectivity index (χ1v) is 7.36. The Hall–Kier alpha value is -2.95. The van der Waals surface area contributed by atoms with Gasteiger partial charge in [-0.2, -0.15) is 0 Å². The largest absolute Gasteiger partial charge is 0.462 e. The number of nitrogens with zero attached hydrogens (tertiary/aromatic N) is 2. The molecule has 1 aromatic carbocycles. The van der Waals surface area contributed by atoms with Crippen LogP contribution in [-0.2, 0) is 4.74 Å². The first-order chi connectivity index (χ1) is 11.1. The molecule has 0 fully saturated rings. The van der Waals surface area contributed by atoms with Gasteiger partial charge in [0.15, 0.2) is 0 Å². The van der Waals surface area contributed by atoms with Gasteiger partial charge in [-0.15, -0.1) is 0 Å². The molecule has 0 bridgehead atoms. The van der Waals surface area contributed by atoms with Crippen LogP contribution in [0.3, 0.4) is 0 Å². The van der Waals surface area contributed by atoms with Crippen LogP contribution in [0, 0.1) is 6.92 Å². The van der Waals surface area contributed by atoms with Crippen molar-refractivity contribution in [2.75, 3.05) is 6.61 Å². The Labute approximate surface area is 133 Å². The van der Waals surface area contributed by atoms with Crippen molar-refractivity contribution in [3.8, 4) is 5.69 Å². The molecule has 23 heavy (non-hydrogen) atoms. The van der Waals surface area contributed by atoms with Crippen LogP contribution in [0.25, 0.3) is 16.7 Å². The normalized spacial score (nSPS) is 10.7. The van der Waals surface area contributed by atoms with E-state index in [4.69, 9.17) is 4.74 Å². The predicted molar refractivity (Wildman–Crippen MR) is 88.0 cm³/mol. The minimum atomic E-state index is -0.621. The number of ether oxygens (including phenoxy) is 1. The number of hydrogen-bond acceptors (Lipinski definition) is 4. The lowest BCUT2D eigenvalue weighted by molar-refractivity contribution is 0.0524. The Balaban J connectivity index is 2.32. The molecule has 0 spiro atoms. The molecule has 0 saturated carbocycles. The third-order valence-electron chi connectivity index (χ3n) is 3.57. The molecular weight excluding hydrogens is 292 g/mol. The van der Waals surface area contributed by atoms with Crippen LogP contribution in [0.15, 0.2) is 53.6 Å². The maximum atomic E-state index is 12.5. The molecule has 3 rings (SSSR count). The summed E-state index contributed by atoms with van der Waals surface area (Å²) in [6, 6.07) is 11.1. The molecule has 5 nitrogen and oxygen atoms in total. The van der Waals surface area contributed by atoms with Gasteiger partial charge in [0.1, 0.15) is 11.2 Å². The number of rotatable bonds is 3. The van der Waals surface area contributed by atoms with E-state index in [9.17, 15) is 9.59 Å². The third-order valence-corrected chi connectivity index (χ3v) is 3.57. The summed E-state index contributed by atoms with van der Waals surface area (Å²) in [4.78, 5) is 28.9. The lowest BCUT2D eigenvalue weighted by Crippen LogP contribution is -2.21. The van der Waals surface area contributed by atoms with Gasteiger partial charge >= 0.3 is 5.97 Å². The second-order valence-electron chi connectivity index (χ2n) is 5.17. The fourth-order valence-electron chi connectivity index (χ4n) is 2.42. The Morgan fingerprint density at radius 1 is 1.22 bits per heavy atom. The van der Waals surface area contributed by atoms with E-state index in [2.05, 4.69) is 4.98 Å². The third kappa shape index (κ3) is 2.73. The van der Waals surface area contributed by atoms with Crippen LogP contribution in [-0.4, -0.2) is 22.1 Å². The van der Waals surface area contributed by atoms with E-state index in [1.54, 1.807) is 29.8 Å². The van der Waals surface area contributed by atoms with Crippen molar-refractivity contribution in [2.45, 2.75) is 13.8 Å². The average Bonchev–Trinajstić information content (AvgIpc) is 2.57. The molecule has 116 valence electrons. The average molecular weight is 308 g/mol. The molecule has 0 N–H and O–H groups in total. The van der Waals surface area contributed by atoms with Crippen molar-refractivity contribution in [1.82, 2.24) is 9.55 Å². The summed E-state index contributed by atoms with van der Waals surface area (Å²) < 4.78 is 6.73. The molecule has 3 aromatic rings. The first kappa shape index (κ1) is 15.0. The summed E-state index contributed by atoms with van der Waals surface area (Å²) in [7, 11) is 0. The number of pyridine rings is 2. The smallest absolute Gasteiger partial charge is 0.343 e. The second-order valence-corrected chi connectivity index (χ2v) is 5.17. The van der Waals surface area contributed by atoms with E-state index in [0.717, 1.165) is 11.3 Å². The monoisotopic (exact) mass is 308 g/mol. The van der Waals surface area contributed by atoms with E-state index in [-0.39, 0.29) is 17.6 Å². The highest BCUT2D eigenvalue weighted by atomic mass is 16.5. The highest BCUT2D eigenvalue weighted by Crippen LogP contribution is 2.16. The van der Waals surface area contributed by atoms with Crippen molar-refractivity contribution in [2.24, 2.45) is 0 Å². The quantitative estimate of drug-likeness (QED) is 0.698. The standard InChI is InChI=1S/C18H16N2O3/c1-3-23-18(22)15-11-20(13-8-6-12(2)7-9-13)17-14(16(15)21)5-4-10-19-17/h4-11H,3H2,1-2H3. The molecule has 0 aliphatic heterocycles. The summed E-state index contributed by atoms with van der Waals surface area (Å²) in [6.45, 7) is 3.92. The van der Waals surface area contributed by atoms with Crippen molar-refractivity contribution >= 4 is 17.0 Å². The number of carbonyl (C=O) groups excluding carboxylic acids is 1. The highest BCUT2D eigenvalue weighted by Gasteiger charge is 2.17. The molecule has 2 aromatic heterocycles. The maximum absolute atomic E-state index is 12.5. The fraction of sp³-hybridized carbons (Fsp3) is 0.167. The van der Waals surface area contributed by atoms with E-state index in [1.807, 2.05) is 31.2 Å². The van der Waals surface area contributed by atoms with E-state index >= 15 is 0 Å². The summed E-state index contributed by atoms with van der Waals surface area (Å²) in [6.07, 6.45) is 3.12. The summed E-state index contributed by atoms with van der Waals surface area (Å²) in [5.41, 5.74) is 2.10. The molecule has 0 radical (unpaired) electrons. The molecule has 0 unspecified atom stereocenters. The summed E-state index contributed by atoms with van der Waals surface area (Å²) >= 11 is 0. The van der Waals surface area contributed by atoms with Crippen molar-refractivity contribution in [3.05, 3.63) is 70.1 Å². The number of aryl methyl sites for hydroxylation is 1. The molecule has 0 aliphatic rings. The Kier molecular flexibility index (Phi) is 3.93. The maximum Gasteiger partial charge on any atom is 0.343 e. The minimum Gasteiger partial charge on any atom is -0.462 e. The molecule has 0 atom stereocenters. The fourth-order valence-corrected chi connectivity index (χ4v) is 2.42. The molecule has 0 amide bonds. The van der Waals surface area contributed by atoms with E-state index < -0.39 is 5.97 Å². The van der Waals surface area contributed by atoms with Gasteiger partial charge in [-0.1, -0.05) is 17.7 Å². The van der Waals surface area contributed by atoms with Crippen molar-refractivity contribution in [1.29, 1.82) is 0 Å². The number of aromatic nitrogens is 2. The van der Waals surface area contributed by atoms with Crippen LogP contribution < -0.4 is 5.43 Å². The number of benzene rings is 1. The number of carbonyl (C=O) groups is 1. The second kappa shape index (κ2) is 6.04. The topological polar surface area (TPSA) is 61.2 Å². The van der Waals surface area contributed by atoms with Crippen LogP contribution >= 0.6 is 0 Å². The molecule has 0 saturated heterocycles. The van der Waals surface area contributed by atoms with Crippen molar-refractivity contribution < 1.29 is 9.53 Å². The first-order valence-electron chi connectivity index (χ1n) is 7.36. The molecule has 0 aliphatic carbocycles. The lowest BCUT2D eigenvalue weighted by atomic mass is 10.1. The number of esters is 1. The molecular formula is C18H16N2O3. The lowest BCUT2D eigenvalue weighted by Gasteiger charge is -2.12. The van der Waals surface area contributed by atoms with Crippen molar-refractivity contribution in [3.63, 3.8) is 0 Å². The van der Waals surface area contributed by atoms with Gasteiger partial charge in [0.2, 0.25) is 5.43 Å². The van der Waals surface area contributed by atoms with Gasteiger partial charge in [0, 0.05) is 18.1 Å². The number of fused-ring (bicyclic) bond motifs is 1. The predicted octanol–water partition coefficient (Wildman–Crippen LogP) is 2.87. The minimum absolute atomic E-state index is 0.00734. The van der Waals surface area contributed by atoms with Gasteiger partial charge in [0.05, 0.1) is 12.0 Å². The van der Waals surface area contributed by atoms with Gasteiger partial charge in [-0.25, -0.2) is 9.78 Å². The van der Waals surface area contributed by atoms with Gasteiger partial charge in [-0.05, 0) is 38.1 Å². The SMILES string of the molecule is CCOC(=O)c1cn(-c2ccc(C)cc2)c2ncccc2c1=O. The number of hydrogen-bond donors (Lipinski definition) is 0. The van der Waals surface area contributed by atoms with Crippen LogP contribution in [0.5, 0.6) is 0 Å². The zero-order valence-corrected chi connectivity index (χ0v) is 12.9. The van der Waals surface area contributed by atoms with E-state index in [1.165, 1.54) is 6.20 Å². The zero-order chi connectivity index (χ0) is 16.4. The van der Waals surface area contributed by atoms with Crippen LogP contribution in [0.4, 0.5) is 0 Å². The van der Waals surface area contributed by atoms with E-state index in [0.29, 0.717) is 11.0 Å².